The minimum Gasteiger partial charge on any atom is -0.350 e. The summed E-state index contributed by atoms with van der Waals surface area (Å²) in [4.78, 5) is 19.3. The Bertz CT molecular complexity index is 990. The van der Waals surface area contributed by atoms with Crippen LogP contribution in [0.15, 0.2) is 66.9 Å². The minimum atomic E-state index is -1.06. The zero-order valence-electron chi connectivity index (χ0n) is 14.5. The molecule has 27 heavy (non-hydrogen) atoms. The molecule has 6 heteroatoms. The molecule has 1 amide bonds. The largest absolute Gasteiger partial charge is 0.350 e. The third kappa shape index (κ3) is 2.90. The Morgan fingerprint density at radius 3 is 2.37 bits per heavy atom. The molecule has 2 heterocycles. The van der Waals surface area contributed by atoms with Crippen LogP contribution in [0.4, 0.5) is 0 Å². The lowest BCUT2D eigenvalue weighted by atomic mass is 9.93. The van der Waals surface area contributed by atoms with Crippen molar-refractivity contribution >= 4 is 29.1 Å². The molecule has 0 saturated carbocycles. The van der Waals surface area contributed by atoms with Crippen LogP contribution in [-0.2, 0) is 17.0 Å². The van der Waals surface area contributed by atoms with Gasteiger partial charge >= 0.3 is 0 Å². The highest BCUT2D eigenvalue weighted by Crippen LogP contribution is 2.45. The third-order valence-electron chi connectivity index (χ3n) is 4.79. The quantitative estimate of drug-likeness (QED) is 0.627. The maximum Gasteiger partial charge on any atom is 0.257 e. The molecule has 0 radical (unpaired) electrons. The number of benzene rings is 2. The second-order valence-corrected chi connectivity index (χ2v) is 7.13. The van der Waals surface area contributed by atoms with E-state index in [-0.39, 0.29) is 12.5 Å². The van der Waals surface area contributed by atoms with Crippen LogP contribution >= 0.6 is 23.2 Å². The van der Waals surface area contributed by atoms with Crippen LogP contribution in [0, 0.1) is 0 Å². The molecule has 0 N–H and O–H groups in total. The molecule has 4 nitrogen and oxygen atoms in total. The molecule has 1 unspecified atom stereocenters. The standard InChI is InChI=1S/C21H16Cl2N2O2/c1-27-21(14-6-8-15(22)9-7-14)19-5-3-2-4-18(19)20(26)25(21)13-17-11-10-16(23)12-24-17/h2-12H,13H2,1H3. The van der Waals surface area contributed by atoms with Crippen molar-refractivity contribution in [2.75, 3.05) is 7.11 Å². The first kappa shape index (κ1) is 18.0. The van der Waals surface area contributed by atoms with E-state index in [1.165, 1.54) is 0 Å². The number of hydrogen-bond acceptors (Lipinski definition) is 3. The molecule has 1 aliphatic rings. The van der Waals surface area contributed by atoms with E-state index in [9.17, 15) is 4.79 Å². The van der Waals surface area contributed by atoms with Crippen molar-refractivity contribution < 1.29 is 9.53 Å². The first-order valence-corrected chi connectivity index (χ1v) is 9.15. The summed E-state index contributed by atoms with van der Waals surface area (Å²) in [5.74, 6) is -0.112. The van der Waals surface area contributed by atoms with Gasteiger partial charge in [0, 0.05) is 35.0 Å². The van der Waals surface area contributed by atoms with Gasteiger partial charge in [0.05, 0.1) is 17.3 Å². The van der Waals surface area contributed by atoms with Gasteiger partial charge in [-0.05, 0) is 30.3 Å². The topological polar surface area (TPSA) is 42.4 Å². The van der Waals surface area contributed by atoms with Gasteiger partial charge in [-0.3, -0.25) is 14.7 Å². The van der Waals surface area contributed by atoms with E-state index in [0.29, 0.717) is 15.6 Å². The Morgan fingerprint density at radius 2 is 1.70 bits per heavy atom. The fraction of sp³-hybridized carbons (Fsp3) is 0.143. The lowest BCUT2D eigenvalue weighted by Crippen LogP contribution is -2.45. The molecule has 0 spiro atoms. The smallest absolute Gasteiger partial charge is 0.257 e. The van der Waals surface area contributed by atoms with Crippen LogP contribution in [0.5, 0.6) is 0 Å². The fourth-order valence-corrected chi connectivity index (χ4v) is 3.81. The number of carbonyl (C=O) groups is 1. The Labute approximate surface area is 167 Å². The highest BCUT2D eigenvalue weighted by molar-refractivity contribution is 6.30. The summed E-state index contributed by atoms with van der Waals surface area (Å²) in [5.41, 5.74) is 1.90. The van der Waals surface area contributed by atoms with E-state index in [1.807, 2.05) is 36.4 Å². The number of fused-ring (bicyclic) bond motifs is 1. The lowest BCUT2D eigenvalue weighted by molar-refractivity contribution is -0.0867. The Hall–Kier alpha value is -2.40. The number of rotatable bonds is 4. The zero-order chi connectivity index (χ0) is 19.0. The summed E-state index contributed by atoms with van der Waals surface area (Å²) in [6.07, 6.45) is 1.57. The van der Waals surface area contributed by atoms with Crippen LogP contribution in [0.2, 0.25) is 10.0 Å². The molecule has 1 aromatic heterocycles. The number of nitrogens with zero attached hydrogens (tertiary/aromatic N) is 2. The predicted octanol–water partition coefficient (Wildman–Crippen LogP) is 4.89. The van der Waals surface area contributed by atoms with Crippen LogP contribution in [0.1, 0.15) is 27.2 Å². The molecule has 136 valence electrons. The van der Waals surface area contributed by atoms with E-state index in [1.54, 1.807) is 42.5 Å². The number of aromatic nitrogens is 1. The summed E-state index contributed by atoms with van der Waals surface area (Å²) < 4.78 is 6.04. The van der Waals surface area contributed by atoms with E-state index >= 15 is 0 Å². The van der Waals surface area contributed by atoms with Gasteiger partial charge in [-0.25, -0.2) is 0 Å². The summed E-state index contributed by atoms with van der Waals surface area (Å²) in [7, 11) is 1.60. The number of methoxy groups -OCH3 is 1. The second kappa shape index (κ2) is 6.97. The Morgan fingerprint density at radius 1 is 1.00 bits per heavy atom. The third-order valence-corrected chi connectivity index (χ3v) is 5.26. The highest BCUT2D eigenvalue weighted by atomic mass is 35.5. The van der Waals surface area contributed by atoms with Gasteiger partial charge in [0.15, 0.2) is 5.72 Å². The molecular weight excluding hydrogens is 383 g/mol. The number of pyridine rings is 1. The van der Waals surface area contributed by atoms with Crippen molar-refractivity contribution in [2.24, 2.45) is 0 Å². The normalized spacial score (nSPS) is 18.6. The molecule has 2 aromatic carbocycles. The molecular formula is C21H16Cl2N2O2. The molecule has 1 atom stereocenters. The molecule has 0 bridgehead atoms. The maximum absolute atomic E-state index is 13.2. The molecule has 4 rings (SSSR count). The van der Waals surface area contributed by atoms with E-state index < -0.39 is 5.72 Å². The Kier molecular flexibility index (Phi) is 4.64. The summed E-state index contributed by atoms with van der Waals surface area (Å²) in [5, 5.41) is 1.17. The minimum absolute atomic E-state index is 0.112. The van der Waals surface area contributed by atoms with Gasteiger partial charge in [0.25, 0.3) is 5.91 Å². The van der Waals surface area contributed by atoms with Crippen molar-refractivity contribution in [3.05, 3.63) is 99.3 Å². The summed E-state index contributed by atoms with van der Waals surface area (Å²) >= 11 is 12.0. The van der Waals surface area contributed by atoms with Crippen LogP contribution in [0.3, 0.4) is 0 Å². The number of ether oxygens (including phenoxy) is 1. The van der Waals surface area contributed by atoms with E-state index in [4.69, 9.17) is 27.9 Å². The van der Waals surface area contributed by atoms with Crippen LogP contribution in [-0.4, -0.2) is 22.9 Å². The van der Waals surface area contributed by atoms with Crippen molar-refractivity contribution in [1.29, 1.82) is 0 Å². The number of halogens is 2. The number of amides is 1. The second-order valence-electron chi connectivity index (χ2n) is 6.26. The van der Waals surface area contributed by atoms with Crippen molar-refractivity contribution in [1.82, 2.24) is 9.88 Å². The zero-order valence-corrected chi connectivity index (χ0v) is 16.0. The van der Waals surface area contributed by atoms with Crippen molar-refractivity contribution in [2.45, 2.75) is 12.3 Å². The molecule has 0 fully saturated rings. The predicted molar refractivity (Wildman–Crippen MR) is 105 cm³/mol. The SMILES string of the molecule is COC1(c2ccc(Cl)cc2)c2ccccc2C(=O)N1Cc1ccc(Cl)cn1. The number of carbonyl (C=O) groups excluding carboxylic acids is 1. The highest BCUT2D eigenvalue weighted by Gasteiger charge is 2.51. The lowest BCUT2D eigenvalue weighted by Gasteiger charge is -2.38. The van der Waals surface area contributed by atoms with Gasteiger partial charge in [-0.15, -0.1) is 0 Å². The van der Waals surface area contributed by atoms with Gasteiger partial charge in [-0.1, -0.05) is 53.5 Å². The van der Waals surface area contributed by atoms with Gasteiger partial charge in [-0.2, -0.15) is 0 Å². The fourth-order valence-electron chi connectivity index (χ4n) is 3.57. The first-order valence-electron chi connectivity index (χ1n) is 8.39. The average molecular weight is 399 g/mol. The van der Waals surface area contributed by atoms with Gasteiger partial charge < -0.3 is 4.74 Å². The van der Waals surface area contributed by atoms with Crippen LogP contribution in [0.25, 0.3) is 0 Å². The first-order chi connectivity index (χ1) is 13.1. The summed E-state index contributed by atoms with van der Waals surface area (Å²) in [6.45, 7) is 0.279. The number of hydrogen-bond donors (Lipinski definition) is 0. The molecule has 3 aromatic rings. The average Bonchev–Trinajstić information content (AvgIpc) is 2.93. The molecule has 0 saturated heterocycles. The Balaban J connectivity index is 1.88. The summed E-state index contributed by atoms with van der Waals surface area (Å²) in [6, 6.07) is 18.4. The van der Waals surface area contributed by atoms with E-state index in [0.717, 1.165) is 16.8 Å². The van der Waals surface area contributed by atoms with Crippen molar-refractivity contribution in [3.63, 3.8) is 0 Å². The van der Waals surface area contributed by atoms with E-state index in [2.05, 4.69) is 4.98 Å². The van der Waals surface area contributed by atoms with Crippen molar-refractivity contribution in [3.8, 4) is 0 Å². The van der Waals surface area contributed by atoms with Gasteiger partial charge in [0.1, 0.15) is 0 Å². The maximum atomic E-state index is 13.2. The van der Waals surface area contributed by atoms with Gasteiger partial charge in [0.2, 0.25) is 0 Å². The molecule has 0 aliphatic carbocycles. The monoisotopic (exact) mass is 398 g/mol. The molecule has 1 aliphatic heterocycles. The van der Waals surface area contributed by atoms with Crippen LogP contribution < -0.4 is 0 Å².